The van der Waals surface area contributed by atoms with E-state index in [-0.39, 0.29) is 23.0 Å². The second kappa shape index (κ2) is 8.26. The van der Waals surface area contributed by atoms with E-state index in [1.54, 1.807) is 19.1 Å². The normalized spacial score (nSPS) is 11.9. The highest BCUT2D eigenvalue weighted by Gasteiger charge is 2.15. The maximum atomic E-state index is 12.2. The quantitative estimate of drug-likeness (QED) is 0.364. The molecule has 1 unspecified atom stereocenters. The maximum Gasteiger partial charge on any atom is 0.292 e. The summed E-state index contributed by atoms with van der Waals surface area (Å²) in [7, 11) is 0. The van der Waals surface area contributed by atoms with E-state index in [0.29, 0.717) is 0 Å². The molecule has 0 aliphatic carbocycles. The molecular weight excluding hydrogens is 320 g/mol. The zero-order valence-electron chi connectivity index (χ0n) is 13.5. The molecule has 25 heavy (non-hydrogen) atoms. The van der Waals surface area contributed by atoms with Gasteiger partial charge in [0.25, 0.3) is 11.6 Å². The van der Waals surface area contributed by atoms with Crippen molar-refractivity contribution < 1.29 is 9.72 Å². The van der Waals surface area contributed by atoms with E-state index in [1.165, 1.54) is 18.2 Å². The molecule has 2 aromatic carbocycles. The molecule has 0 aliphatic heterocycles. The fraction of sp³-hybridized carbons (Fsp3) is 0.111. The van der Waals surface area contributed by atoms with Gasteiger partial charge in [-0.1, -0.05) is 42.5 Å². The topological polar surface area (TPSA) is 108 Å². The molecule has 0 saturated heterocycles. The minimum absolute atomic E-state index is 0.144. The van der Waals surface area contributed by atoms with Crippen molar-refractivity contribution in [1.82, 2.24) is 5.32 Å². The zero-order valence-corrected chi connectivity index (χ0v) is 13.5. The van der Waals surface area contributed by atoms with Crippen LogP contribution in [0, 0.1) is 21.4 Å². The highest BCUT2D eigenvalue weighted by atomic mass is 16.6. The number of carbonyl (C=O) groups is 1. The minimum Gasteiger partial charge on any atom is -0.355 e. The summed E-state index contributed by atoms with van der Waals surface area (Å²) in [5.74, 6) is -0.565. The molecule has 126 valence electrons. The van der Waals surface area contributed by atoms with E-state index >= 15 is 0 Å². The fourth-order valence-electron chi connectivity index (χ4n) is 2.15. The number of nitriles is 1. The van der Waals surface area contributed by atoms with Crippen molar-refractivity contribution >= 4 is 17.3 Å². The second-order valence-corrected chi connectivity index (χ2v) is 5.19. The molecule has 2 rings (SSSR count). The number of para-hydroxylation sites is 2. The molecule has 2 aromatic rings. The summed E-state index contributed by atoms with van der Waals surface area (Å²) >= 11 is 0. The minimum atomic E-state index is -0.565. The van der Waals surface area contributed by atoms with Gasteiger partial charge in [0.1, 0.15) is 17.3 Å². The van der Waals surface area contributed by atoms with Crippen LogP contribution in [0.2, 0.25) is 0 Å². The van der Waals surface area contributed by atoms with E-state index in [9.17, 15) is 20.2 Å². The van der Waals surface area contributed by atoms with Gasteiger partial charge >= 0.3 is 0 Å². The van der Waals surface area contributed by atoms with Gasteiger partial charge in [-0.25, -0.2) is 0 Å². The Balaban J connectivity index is 2.11. The third-order valence-electron chi connectivity index (χ3n) is 3.49. The van der Waals surface area contributed by atoms with Gasteiger partial charge in [0.2, 0.25) is 0 Å². The third kappa shape index (κ3) is 4.65. The Kier molecular flexibility index (Phi) is 5.85. The Bertz CT molecular complexity index is 841. The molecule has 0 aromatic heterocycles. The lowest BCUT2D eigenvalue weighted by Gasteiger charge is -2.13. The van der Waals surface area contributed by atoms with Crippen LogP contribution in [0.4, 0.5) is 11.4 Å². The molecule has 7 heteroatoms. The van der Waals surface area contributed by atoms with E-state index < -0.39 is 10.8 Å². The number of nitro groups is 1. The Labute approximate surface area is 144 Å². The first-order valence-corrected chi connectivity index (χ1v) is 7.49. The van der Waals surface area contributed by atoms with Crippen LogP contribution >= 0.6 is 0 Å². The van der Waals surface area contributed by atoms with Crippen molar-refractivity contribution in [2.75, 3.05) is 5.32 Å². The molecule has 0 bridgehead atoms. The number of nitrogens with zero attached hydrogens (tertiary/aromatic N) is 2. The highest BCUT2D eigenvalue weighted by Crippen LogP contribution is 2.23. The van der Waals surface area contributed by atoms with Crippen LogP contribution in [0.15, 0.2) is 66.4 Å². The summed E-state index contributed by atoms with van der Waals surface area (Å²) in [4.78, 5) is 22.7. The van der Waals surface area contributed by atoms with Gasteiger partial charge in [0, 0.05) is 12.3 Å². The molecule has 1 amide bonds. The number of amides is 1. The summed E-state index contributed by atoms with van der Waals surface area (Å²) < 4.78 is 0. The molecule has 0 saturated carbocycles. The summed E-state index contributed by atoms with van der Waals surface area (Å²) in [6, 6.07) is 16.8. The Morgan fingerprint density at radius 2 is 1.84 bits per heavy atom. The molecular formula is C18H16N4O3. The molecule has 1 atom stereocenters. The van der Waals surface area contributed by atoms with E-state index in [0.717, 1.165) is 11.8 Å². The Morgan fingerprint density at radius 1 is 1.20 bits per heavy atom. The maximum absolute atomic E-state index is 12.2. The summed E-state index contributed by atoms with van der Waals surface area (Å²) in [6.45, 7) is 1.80. The van der Waals surface area contributed by atoms with Crippen LogP contribution in [-0.4, -0.2) is 10.8 Å². The standard InChI is InChI=1S/C18H16N4O3/c1-13(14-7-3-2-4-8-14)21-18(23)15(11-19)12-20-16-9-5-6-10-17(16)22(24)25/h2-10,12-13,20H,1H3,(H,21,23)/b15-12-. The predicted octanol–water partition coefficient (Wildman–Crippen LogP) is 3.29. The van der Waals surface area contributed by atoms with Crippen molar-refractivity contribution in [2.45, 2.75) is 13.0 Å². The van der Waals surface area contributed by atoms with Gasteiger partial charge in [-0.05, 0) is 18.6 Å². The Morgan fingerprint density at radius 3 is 2.48 bits per heavy atom. The van der Waals surface area contributed by atoms with Crippen molar-refractivity contribution in [3.05, 3.63) is 82.0 Å². The molecule has 0 radical (unpaired) electrons. The lowest BCUT2D eigenvalue weighted by molar-refractivity contribution is -0.383. The van der Waals surface area contributed by atoms with Gasteiger partial charge in [-0.15, -0.1) is 0 Å². The Hall–Kier alpha value is -3.66. The third-order valence-corrected chi connectivity index (χ3v) is 3.49. The number of rotatable bonds is 6. The van der Waals surface area contributed by atoms with Crippen molar-refractivity contribution in [1.29, 1.82) is 5.26 Å². The first-order valence-electron chi connectivity index (χ1n) is 7.49. The molecule has 0 heterocycles. The molecule has 0 spiro atoms. The molecule has 2 N–H and O–H groups in total. The number of nitro benzene ring substituents is 1. The van der Waals surface area contributed by atoms with Crippen LogP contribution < -0.4 is 10.6 Å². The molecule has 0 fully saturated rings. The van der Waals surface area contributed by atoms with E-state index in [1.807, 2.05) is 30.3 Å². The van der Waals surface area contributed by atoms with E-state index in [2.05, 4.69) is 10.6 Å². The number of hydrogen-bond acceptors (Lipinski definition) is 5. The average Bonchev–Trinajstić information content (AvgIpc) is 2.63. The zero-order chi connectivity index (χ0) is 18.2. The van der Waals surface area contributed by atoms with Crippen molar-refractivity contribution in [3.8, 4) is 6.07 Å². The van der Waals surface area contributed by atoms with Crippen molar-refractivity contribution in [2.24, 2.45) is 0 Å². The smallest absolute Gasteiger partial charge is 0.292 e. The van der Waals surface area contributed by atoms with Gasteiger partial charge in [-0.2, -0.15) is 5.26 Å². The number of carbonyl (C=O) groups excluding carboxylic acids is 1. The lowest BCUT2D eigenvalue weighted by atomic mass is 10.1. The highest BCUT2D eigenvalue weighted by molar-refractivity contribution is 5.97. The predicted molar refractivity (Wildman–Crippen MR) is 93.4 cm³/mol. The van der Waals surface area contributed by atoms with Crippen LogP contribution in [0.1, 0.15) is 18.5 Å². The van der Waals surface area contributed by atoms with Gasteiger partial charge in [-0.3, -0.25) is 14.9 Å². The van der Waals surface area contributed by atoms with E-state index in [4.69, 9.17) is 0 Å². The van der Waals surface area contributed by atoms with Crippen molar-refractivity contribution in [3.63, 3.8) is 0 Å². The lowest BCUT2D eigenvalue weighted by Crippen LogP contribution is -2.28. The average molecular weight is 336 g/mol. The number of benzene rings is 2. The summed E-state index contributed by atoms with van der Waals surface area (Å²) in [6.07, 6.45) is 1.16. The van der Waals surface area contributed by atoms with Gasteiger partial charge in [0.05, 0.1) is 11.0 Å². The molecule has 7 nitrogen and oxygen atoms in total. The molecule has 0 aliphatic rings. The number of nitrogens with one attached hydrogen (secondary N) is 2. The number of hydrogen-bond donors (Lipinski definition) is 2. The first kappa shape index (κ1) is 17.7. The summed E-state index contributed by atoms with van der Waals surface area (Å²) in [5.41, 5.74) is 0.777. The largest absolute Gasteiger partial charge is 0.355 e. The van der Waals surface area contributed by atoms with Crippen LogP contribution in [0.25, 0.3) is 0 Å². The first-order chi connectivity index (χ1) is 12.0. The summed E-state index contributed by atoms with van der Waals surface area (Å²) in [5, 5.41) is 25.5. The monoisotopic (exact) mass is 336 g/mol. The number of anilines is 1. The van der Waals surface area contributed by atoms with Gasteiger partial charge < -0.3 is 10.6 Å². The van der Waals surface area contributed by atoms with Gasteiger partial charge in [0.15, 0.2) is 0 Å². The fourth-order valence-corrected chi connectivity index (χ4v) is 2.15. The SMILES string of the molecule is CC(NC(=O)/C(C#N)=C\Nc1ccccc1[N+](=O)[O-])c1ccccc1. The second-order valence-electron chi connectivity index (χ2n) is 5.19. The van der Waals surface area contributed by atoms with Crippen LogP contribution in [0.3, 0.4) is 0 Å². The van der Waals surface area contributed by atoms with Crippen LogP contribution in [-0.2, 0) is 4.79 Å². The van der Waals surface area contributed by atoms with Crippen LogP contribution in [0.5, 0.6) is 0 Å².